The van der Waals surface area contributed by atoms with Crippen molar-refractivity contribution in [2.75, 3.05) is 0 Å². The summed E-state index contributed by atoms with van der Waals surface area (Å²) in [4.78, 5) is 4.49. The van der Waals surface area contributed by atoms with Crippen LogP contribution in [0.2, 0.25) is 0 Å². The summed E-state index contributed by atoms with van der Waals surface area (Å²) in [6.45, 7) is 3.71. The van der Waals surface area contributed by atoms with Crippen molar-refractivity contribution in [3.05, 3.63) is 77.7 Å². The number of benzene rings is 3. The normalized spacial score (nSPS) is 15.7. The first-order chi connectivity index (χ1) is 13.9. The Balaban J connectivity index is 1.49. The molecule has 0 saturated carbocycles. The maximum atomic E-state index is 13.1. The SMILES string of the molecule is Cc1cccc(C2Oc3ccc(S(=O)(=O)c4ccc5oc(C)nc5c4)cc3O2)c1. The topological polar surface area (TPSA) is 78.6 Å². The third kappa shape index (κ3) is 3.03. The van der Waals surface area contributed by atoms with Crippen molar-refractivity contribution in [3.63, 3.8) is 0 Å². The zero-order valence-corrected chi connectivity index (χ0v) is 16.6. The Morgan fingerprint density at radius 1 is 0.862 bits per heavy atom. The van der Waals surface area contributed by atoms with Crippen molar-refractivity contribution in [2.45, 2.75) is 29.9 Å². The van der Waals surface area contributed by atoms with Crippen molar-refractivity contribution in [3.8, 4) is 11.5 Å². The van der Waals surface area contributed by atoms with Crippen LogP contribution in [0.3, 0.4) is 0 Å². The fourth-order valence-electron chi connectivity index (χ4n) is 3.38. The highest BCUT2D eigenvalue weighted by Crippen LogP contribution is 2.42. The van der Waals surface area contributed by atoms with Crippen LogP contribution in [-0.2, 0) is 9.84 Å². The van der Waals surface area contributed by atoms with Gasteiger partial charge in [-0.3, -0.25) is 0 Å². The van der Waals surface area contributed by atoms with E-state index in [0.717, 1.165) is 11.1 Å². The lowest BCUT2D eigenvalue weighted by atomic mass is 10.1. The summed E-state index contributed by atoms with van der Waals surface area (Å²) in [6, 6.07) is 17.1. The van der Waals surface area contributed by atoms with Crippen molar-refractivity contribution < 1.29 is 22.3 Å². The van der Waals surface area contributed by atoms with Crippen LogP contribution in [0.15, 0.2) is 74.9 Å². The number of fused-ring (bicyclic) bond motifs is 2. The van der Waals surface area contributed by atoms with E-state index in [4.69, 9.17) is 13.9 Å². The third-order valence-electron chi connectivity index (χ3n) is 4.78. The minimum atomic E-state index is -3.75. The number of oxazole rings is 1. The minimum Gasteiger partial charge on any atom is -0.447 e. The number of hydrogen-bond donors (Lipinski definition) is 0. The third-order valence-corrected chi connectivity index (χ3v) is 6.53. The molecule has 0 aliphatic carbocycles. The van der Waals surface area contributed by atoms with Gasteiger partial charge in [0, 0.05) is 18.6 Å². The Kier molecular flexibility index (Phi) is 3.89. The summed E-state index contributed by atoms with van der Waals surface area (Å²) in [6.07, 6.45) is -0.600. The molecule has 146 valence electrons. The Bertz CT molecular complexity index is 1360. The van der Waals surface area contributed by atoms with E-state index in [-0.39, 0.29) is 9.79 Å². The lowest BCUT2D eigenvalue weighted by Crippen LogP contribution is -2.07. The molecular weight excluding hydrogens is 390 g/mol. The van der Waals surface area contributed by atoms with Crippen molar-refractivity contribution in [2.24, 2.45) is 0 Å². The van der Waals surface area contributed by atoms with Gasteiger partial charge in [-0.1, -0.05) is 23.8 Å². The van der Waals surface area contributed by atoms with E-state index in [2.05, 4.69) is 4.98 Å². The molecule has 4 aromatic rings. The van der Waals surface area contributed by atoms with Gasteiger partial charge in [0.15, 0.2) is 23.0 Å². The lowest BCUT2D eigenvalue weighted by Gasteiger charge is -2.10. The molecule has 7 heteroatoms. The fraction of sp³-hybridized carbons (Fsp3) is 0.136. The predicted octanol–water partition coefficient (Wildman–Crippen LogP) is 4.75. The first-order valence-corrected chi connectivity index (χ1v) is 10.5. The van der Waals surface area contributed by atoms with E-state index in [1.165, 1.54) is 24.3 Å². The second-order valence-corrected chi connectivity index (χ2v) is 8.91. The smallest absolute Gasteiger partial charge is 0.267 e. The molecule has 5 rings (SSSR count). The fourth-order valence-corrected chi connectivity index (χ4v) is 4.67. The van der Waals surface area contributed by atoms with E-state index < -0.39 is 16.1 Å². The molecule has 0 fully saturated rings. The number of hydrogen-bond acceptors (Lipinski definition) is 6. The Labute approximate surface area is 167 Å². The standard InChI is InChI=1S/C22H17NO5S/c1-13-4-3-5-15(10-13)22-27-20-9-7-17(12-21(20)28-22)29(24,25)16-6-8-19-18(11-16)23-14(2)26-19/h3-12,22H,1-2H3. The van der Waals surface area contributed by atoms with Crippen LogP contribution in [0.25, 0.3) is 11.1 Å². The summed E-state index contributed by atoms with van der Waals surface area (Å²) in [5, 5.41) is 0. The molecule has 1 atom stereocenters. The number of nitrogens with zero attached hydrogens (tertiary/aromatic N) is 1. The zero-order chi connectivity index (χ0) is 20.2. The second kappa shape index (κ2) is 6.35. The number of ether oxygens (including phenoxy) is 2. The van der Waals surface area contributed by atoms with Crippen LogP contribution in [-0.4, -0.2) is 13.4 Å². The maximum Gasteiger partial charge on any atom is 0.267 e. The van der Waals surface area contributed by atoms with E-state index >= 15 is 0 Å². The molecule has 0 radical (unpaired) electrons. The highest BCUT2D eigenvalue weighted by Gasteiger charge is 2.28. The lowest BCUT2D eigenvalue weighted by molar-refractivity contribution is 0.0486. The molecule has 0 spiro atoms. The monoisotopic (exact) mass is 407 g/mol. The Hall–Kier alpha value is -3.32. The van der Waals surface area contributed by atoms with Gasteiger partial charge in [-0.05, 0) is 43.3 Å². The number of aromatic nitrogens is 1. The molecule has 0 amide bonds. The molecule has 1 aliphatic heterocycles. The summed E-state index contributed by atoms with van der Waals surface area (Å²) in [5.41, 5.74) is 3.02. The Morgan fingerprint density at radius 3 is 2.45 bits per heavy atom. The average molecular weight is 407 g/mol. The van der Waals surface area contributed by atoms with Crippen LogP contribution in [0.4, 0.5) is 0 Å². The molecule has 2 heterocycles. The predicted molar refractivity (Wildman–Crippen MR) is 106 cm³/mol. The second-order valence-electron chi connectivity index (χ2n) is 6.96. The van der Waals surface area contributed by atoms with E-state index in [9.17, 15) is 8.42 Å². The molecule has 1 aliphatic rings. The van der Waals surface area contributed by atoms with Gasteiger partial charge in [-0.25, -0.2) is 13.4 Å². The number of aryl methyl sites for hydroxylation is 2. The van der Waals surface area contributed by atoms with Crippen molar-refractivity contribution in [1.29, 1.82) is 0 Å². The molecule has 3 aromatic carbocycles. The van der Waals surface area contributed by atoms with Crippen LogP contribution in [0.5, 0.6) is 11.5 Å². The number of sulfone groups is 1. The molecule has 29 heavy (non-hydrogen) atoms. The maximum absolute atomic E-state index is 13.1. The van der Waals surface area contributed by atoms with E-state index in [0.29, 0.717) is 28.5 Å². The van der Waals surface area contributed by atoms with E-state index in [1.807, 2.05) is 31.2 Å². The first-order valence-electron chi connectivity index (χ1n) is 9.06. The van der Waals surface area contributed by atoms with Gasteiger partial charge in [0.2, 0.25) is 9.84 Å². The average Bonchev–Trinajstić information content (AvgIpc) is 3.29. The van der Waals surface area contributed by atoms with Gasteiger partial charge in [0.05, 0.1) is 9.79 Å². The molecule has 0 saturated heterocycles. The highest BCUT2D eigenvalue weighted by atomic mass is 32.2. The van der Waals surface area contributed by atoms with Gasteiger partial charge >= 0.3 is 0 Å². The zero-order valence-electron chi connectivity index (χ0n) is 15.7. The molecule has 0 N–H and O–H groups in total. The quantitative estimate of drug-likeness (QED) is 0.488. The van der Waals surface area contributed by atoms with Crippen LogP contribution < -0.4 is 9.47 Å². The Morgan fingerprint density at radius 2 is 1.62 bits per heavy atom. The number of rotatable bonds is 3. The van der Waals surface area contributed by atoms with Crippen LogP contribution in [0, 0.1) is 13.8 Å². The summed E-state index contributed by atoms with van der Waals surface area (Å²) in [5.74, 6) is 1.40. The molecule has 6 nitrogen and oxygen atoms in total. The van der Waals surface area contributed by atoms with Crippen LogP contribution in [0.1, 0.15) is 23.3 Å². The first kappa shape index (κ1) is 17.8. The molecule has 0 bridgehead atoms. The van der Waals surface area contributed by atoms with Crippen molar-refractivity contribution in [1.82, 2.24) is 4.98 Å². The largest absolute Gasteiger partial charge is 0.447 e. The summed E-state index contributed by atoms with van der Waals surface area (Å²) in [7, 11) is -3.75. The van der Waals surface area contributed by atoms with Gasteiger partial charge in [0.1, 0.15) is 5.52 Å². The molecule has 1 unspecified atom stereocenters. The van der Waals surface area contributed by atoms with Gasteiger partial charge in [-0.15, -0.1) is 0 Å². The van der Waals surface area contributed by atoms with Gasteiger partial charge in [0.25, 0.3) is 6.29 Å². The minimum absolute atomic E-state index is 0.129. The van der Waals surface area contributed by atoms with Crippen molar-refractivity contribution >= 4 is 20.9 Å². The summed E-state index contributed by atoms with van der Waals surface area (Å²) >= 11 is 0. The highest BCUT2D eigenvalue weighted by molar-refractivity contribution is 7.91. The van der Waals surface area contributed by atoms with Crippen LogP contribution >= 0.6 is 0 Å². The van der Waals surface area contributed by atoms with Gasteiger partial charge in [-0.2, -0.15) is 0 Å². The summed E-state index contributed by atoms with van der Waals surface area (Å²) < 4.78 is 43.4. The van der Waals surface area contributed by atoms with E-state index in [1.54, 1.807) is 19.1 Å². The molecular formula is C22H17NO5S. The van der Waals surface area contributed by atoms with Gasteiger partial charge < -0.3 is 13.9 Å². The molecule has 1 aromatic heterocycles.